The predicted octanol–water partition coefficient (Wildman–Crippen LogP) is 3.25. The van der Waals surface area contributed by atoms with Crippen molar-refractivity contribution in [2.24, 2.45) is 5.10 Å². The summed E-state index contributed by atoms with van der Waals surface area (Å²) in [6.45, 7) is 3.82. The number of carbonyl (C=O) groups is 1. The summed E-state index contributed by atoms with van der Waals surface area (Å²) in [5.41, 5.74) is 3.73. The first-order valence-electron chi connectivity index (χ1n) is 7.34. The molecule has 2 rings (SSSR count). The molecular weight excluding hydrogens is 292 g/mol. The average molecular weight is 312 g/mol. The van der Waals surface area contributed by atoms with Crippen molar-refractivity contribution in [2.75, 3.05) is 7.11 Å². The number of hydrogen-bond donors (Lipinski definition) is 1. The third-order valence-corrected chi connectivity index (χ3v) is 3.00. The number of hydrogen-bond acceptors (Lipinski definition) is 4. The molecule has 0 radical (unpaired) electrons. The van der Waals surface area contributed by atoms with Gasteiger partial charge in [-0.3, -0.25) is 4.79 Å². The van der Waals surface area contributed by atoms with Gasteiger partial charge in [-0.05, 0) is 38.1 Å². The summed E-state index contributed by atoms with van der Waals surface area (Å²) in [4.78, 5) is 12.3. The number of methoxy groups -OCH3 is 1. The lowest BCUT2D eigenvalue weighted by Gasteiger charge is -2.12. The number of para-hydroxylation sites is 2. The van der Waals surface area contributed by atoms with Crippen LogP contribution >= 0.6 is 0 Å². The molecule has 2 aromatic rings. The lowest BCUT2D eigenvalue weighted by Crippen LogP contribution is -2.19. The summed E-state index contributed by atoms with van der Waals surface area (Å²) in [6.07, 6.45) is 1.53. The van der Waals surface area contributed by atoms with Crippen molar-refractivity contribution in [2.45, 2.75) is 20.0 Å². The highest BCUT2D eigenvalue weighted by atomic mass is 16.5. The number of nitrogens with zero attached hydrogens (tertiary/aromatic N) is 1. The highest BCUT2D eigenvalue weighted by Crippen LogP contribution is 2.19. The lowest BCUT2D eigenvalue weighted by molar-refractivity contribution is 0.0949. The predicted molar refractivity (Wildman–Crippen MR) is 90.3 cm³/mol. The fourth-order valence-electron chi connectivity index (χ4n) is 2.00. The van der Waals surface area contributed by atoms with Crippen molar-refractivity contribution in [1.82, 2.24) is 5.43 Å². The first kappa shape index (κ1) is 16.5. The molecule has 0 unspecified atom stereocenters. The minimum Gasteiger partial charge on any atom is -0.496 e. The minimum atomic E-state index is -0.326. The Morgan fingerprint density at radius 3 is 2.43 bits per heavy atom. The number of rotatable bonds is 6. The molecule has 0 aliphatic rings. The molecule has 0 aliphatic heterocycles. The Labute approximate surface area is 135 Å². The molecule has 5 heteroatoms. The zero-order valence-corrected chi connectivity index (χ0v) is 13.4. The van der Waals surface area contributed by atoms with Crippen molar-refractivity contribution >= 4 is 12.1 Å². The van der Waals surface area contributed by atoms with Crippen molar-refractivity contribution in [3.05, 3.63) is 59.7 Å². The zero-order chi connectivity index (χ0) is 16.7. The van der Waals surface area contributed by atoms with E-state index in [9.17, 15) is 4.79 Å². The van der Waals surface area contributed by atoms with Gasteiger partial charge in [0.1, 0.15) is 11.5 Å². The second-order valence-corrected chi connectivity index (χ2v) is 5.10. The summed E-state index contributed by atoms with van der Waals surface area (Å²) in [6, 6.07) is 14.5. The maximum Gasteiger partial charge on any atom is 0.275 e. The Morgan fingerprint density at radius 2 is 1.74 bits per heavy atom. The molecule has 0 aliphatic carbocycles. The average Bonchev–Trinajstić information content (AvgIpc) is 2.55. The van der Waals surface area contributed by atoms with E-state index in [0.717, 1.165) is 5.56 Å². The van der Waals surface area contributed by atoms with Gasteiger partial charge in [-0.15, -0.1) is 0 Å². The van der Waals surface area contributed by atoms with E-state index in [1.54, 1.807) is 31.5 Å². The van der Waals surface area contributed by atoms with Gasteiger partial charge in [0.05, 0.1) is 25.0 Å². The van der Waals surface area contributed by atoms with Crippen molar-refractivity contribution in [3.63, 3.8) is 0 Å². The molecule has 120 valence electrons. The van der Waals surface area contributed by atoms with Gasteiger partial charge in [0.2, 0.25) is 0 Å². The lowest BCUT2D eigenvalue weighted by atomic mass is 10.2. The van der Waals surface area contributed by atoms with E-state index in [4.69, 9.17) is 9.47 Å². The van der Waals surface area contributed by atoms with Crippen molar-refractivity contribution in [3.8, 4) is 11.5 Å². The molecule has 0 fully saturated rings. The van der Waals surface area contributed by atoms with Crippen LogP contribution in [0.15, 0.2) is 53.6 Å². The quantitative estimate of drug-likeness (QED) is 0.658. The number of amides is 1. The number of hydrazone groups is 1. The summed E-state index contributed by atoms with van der Waals surface area (Å²) in [7, 11) is 1.59. The highest BCUT2D eigenvalue weighted by molar-refractivity contribution is 5.97. The van der Waals surface area contributed by atoms with E-state index in [2.05, 4.69) is 10.5 Å². The van der Waals surface area contributed by atoms with Gasteiger partial charge in [0.25, 0.3) is 5.91 Å². The third kappa shape index (κ3) is 4.57. The molecule has 0 saturated heterocycles. The molecule has 23 heavy (non-hydrogen) atoms. The van der Waals surface area contributed by atoms with E-state index < -0.39 is 0 Å². The van der Waals surface area contributed by atoms with Crippen LogP contribution in [0.3, 0.4) is 0 Å². The third-order valence-electron chi connectivity index (χ3n) is 3.00. The summed E-state index contributed by atoms with van der Waals surface area (Å²) in [5.74, 6) is 0.897. The molecule has 5 nitrogen and oxygen atoms in total. The van der Waals surface area contributed by atoms with Crippen LogP contribution < -0.4 is 14.9 Å². The molecule has 0 heterocycles. The number of nitrogens with one attached hydrogen (secondary N) is 1. The largest absolute Gasteiger partial charge is 0.496 e. The molecule has 0 atom stereocenters. The number of carbonyl (C=O) groups excluding carboxylic acids is 1. The van der Waals surface area contributed by atoms with Crippen molar-refractivity contribution < 1.29 is 14.3 Å². The first-order valence-corrected chi connectivity index (χ1v) is 7.34. The van der Waals surface area contributed by atoms with E-state index in [1.165, 1.54) is 0 Å². The Morgan fingerprint density at radius 1 is 1.09 bits per heavy atom. The molecule has 1 amide bonds. The fourth-order valence-corrected chi connectivity index (χ4v) is 2.00. The first-order chi connectivity index (χ1) is 11.1. The molecule has 0 aromatic heterocycles. The normalized spacial score (nSPS) is 10.8. The van der Waals surface area contributed by atoms with Crippen LogP contribution in [0, 0.1) is 0 Å². The topological polar surface area (TPSA) is 59.9 Å². The molecule has 0 saturated carbocycles. The minimum absolute atomic E-state index is 0.0129. The van der Waals surface area contributed by atoms with Gasteiger partial charge < -0.3 is 9.47 Å². The highest BCUT2D eigenvalue weighted by Gasteiger charge is 2.12. The number of ether oxygens (including phenoxy) is 2. The van der Waals surface area contributed by atoms with Crippen LogP contribution in [0.1, 0.15) is 29.8 Å². The SMILES string of the molecule is COc1ccccc1/C=N/NC(=O)c1ccccc1OC(C)C. The van der Waals surface area contributed by atoms with Gasteiger partial charge in [-0.2, -0.15) is 5.10 Å². The van der Waals surface area contributed by atoms with Crippen molar-refractivity contribution in [1.29, 1.82) is 0 Å². The Bertz CT molecular complexity index is 696. The summed E-state index contributed by atoms with van der Waals surface area (Å²) >= 11 is 0. The van der Waals surface area contributed by atoms with Gasteiger partial charge in [-0.1, -0.05) is 24.3 Å². The van der Waals surface area contributed by atoms with Gasteiger partial charge in [0, 0.05) is 5.56 Å². The van der Waals surface area contributed by atoms with Crippen LogP contribution in [-0.4, -0.2) is 25.3 Å². The fraction of sp³-hybridized carbons (Fsp3) is 0.222. The monoisotopic (exact) mass is 312 g/mol. The van der Waals surface area contributed by atoms with Gasteiger partial charge >= 0.3 is 0 Å². The Balaban J connectivity index is 2.09. The second kappa shape index (κ2) is 7.98. The van der Waals surface area contributed by atoms with Gasteiger partial charge in [0.15, 0.2) is 0 Å². The summed E-state index contributed by atoms with van der Waals surface area (Å²) in [5, 5.41) is 3.99. The van der Waals surface area contributed by atoms with Crippen LogP contribution in [0.2, 0.25) is 0 Å². The van der Waals surface area contributed by atoms with E-state index in [-0.39, 0.29) is 12.0 Å². The standard InChI is InChI=1S/C18H20N2O3/c1-13(2)23-17-11-7-5-9-15(17)18(21)20-19-12-14-8-4-6-10-16(14)22-3/h4-13H,1-3H3,(H,20,21)/b19-12+. The molecule has 1 N–H and O–H groups in total. The molecule has 2 aromatic carbocycles. The second-order valence-electron chi connectivity index (χ2n) is 5.10. The van der Waals surface area contributed by atoms with E-state index >= 15 is 0 Å². The number of benzene rings is 2. The smallest absolute Gasteiger partial charge is 0.275 e. The van der Waals surface area contributed by atoms with Crippen LogP contribution in [0.4, 0.5) is 0 Å². The van der Waals surface area contributed by atoms with Crippen LogP contribution in [0.25, 0.3) is 0 Å². The Kier molecular flexibility index (Phi) is 5.74. The maximum absolute atomic E-state index is 12.3. The Hall–Kier alpha value is -2.82. The van der Waals surface area contributed by atoms with Crippen LogP contribution in [0.5, 0.6) is 11.5 Å². The molecule has 0 bridgehead atoms. The molecule has 0 spiro atoms. The van der Waals surface area contributed by atoms with Gasteiger partial charge in [-0.25, -0.2) is 5.43 Å². The van der Waals surface area contributed by atoms with E-state index in [1.807, 2.05) is 44.2 Å². The van der Waals surface area contributed by atoms with E-state index in [0.29, 0.717) is 17.1 Å². The maximum atomic E-state index is 12.3. The van der Waals surface area contributed by atoms with Crippen LogP contribution in [-0.2, 0) is 0 Å². The molecular formula is C18H20N2O3. The summed E-state index contributed by atoms with van der Waals surface area (Å²) < 4.78 is 10.9. The zero-order valence-electron chi connectivity index (χ0n) is 13.4.